The summed E-state index contributed by atoms with van der Waals surface area (Å²) in [5, 5.41) is 3.20. The molecule has 0 saturated carbocycles. The van der Waals surface area contributed by atoms with Gasteiger partial charge in [-0.15, -0.1) is 11.3 Å². The molecule has 0 unspecified atom stereocenters. The number of nitrogens with one attached hydrogen (secondary N) is 1. The zero-order valence-corrected chi connectivity index (χ0v) is 12.6. The van der Waals surface area contributed by atoms with Crippen molar-refractivity contribution in [3.8, 4) is 0 Å². The molecule has 0 aromatic carbocycles. The van der Waals surface area contributed by atoms with Crippen LogP contribution in [0.1, 0.15) is 4.88 Å². The van der Waals surface area contributed by atoms with Crippen molar-refractivity contribution in [3.05, 3.63) is 20.8 Å². The molecule has 1 aromatic heterocycles. The summed E-state index contributed by atoms with van der Waals surface area (Å²) in [6.45, 7) is 4.02. The van der Waals surface area contributed by atoms with Gasteiger partial charge in [0.25, 0.3) is 0 Å². The van der Waals surface area contributed by atoms with E-state index in [4.69, 9.17) is 4.74 Å². The molecule has 6 heteroatoms. The number of carbonyl (C=O) groups is 1. The minimum atomic E-state index is 0.172. The molecule has 1 aromatic rings. The summed E-state index contributed by atoms with van der Waals surface area (Å²) < 4.78 is 6.37. The smallest absolute Gasteiger partial charge is 0.236 e. The Labute approximate surface area is 119 Å². The highest BCUT2D eigenvalue weighted by atomic mass is 79.9. The molecule has 100 valence electrons. The number of carbonyl (C=O) groups excluding carboxylic acids is 1. The van der Waals surface area contributed by atoms with Gasteiger partial charge in [-0.1, -0.05) is 0 Å². The molecule has 4 nitrogen and oxygen atoms in total. The van der Waals surface area contributed by atoms with Crippen molar-refractivity contribution in [2.24, 2.45) is 0 Å². The summed E-state index contributed by atoms with van der Waals surface area (Å²) in [6, 6.07) is 4.17. The van der Waals surface area contributed by atoms with E-state index in [1.807, 2.05) is 4.90 Å². The van der Waals surface area contributed by atoms with E-state index in [2.05, 4.69) is 33.4 Å². The Morgan fingerprint density at radius 3 is 2.89 bits per heavy atom. The number of rotatable bonds is 5. The fourth-order valence-electron chi connectivity index (χ4n) is 1.82. The molecular formula is C12H17BrN2O2S. The molecule has 1 saturated heterocycles. The van der Waals surface area contributed by atoms with Crippen LogP contribution in [-0.2, 0) is 16.0 Å². The number of nitrogens with zero attached hydrogens (tertiary/aromatic N) is 1. The zero-order valence-electron chi connectivity index (χ0n) is 10.2. The minimum Gasteiger partial charge on any atom is -0.378 e. The standard InChI is InChI=1S/C12H17BrN2O2S/c13-11-2-1-10(18-11)3-4-14-9-12(16)15-5-7-17-8-6-15/h1-2,14H,3-9H2. The first-order chi connectivity index (χ1) is 8.75. The average Bonchev–Trinajstić information content (AvgIpc) is 2.81. The van der Waals surface area contributed by atoms with E-state index >= 15 is 0 Å². The summed E-state index contributed by atoms with van der Waals surface area (Å²) in [7, 11) is 0. The van der Waals surface area contributed by atoms with Crippen LogP contribution in [-0.4, -0.2) is 50.2 Å². The third-order valence-corrected chi connectivity index (χ3v) is 4.50. The molecule has 0 radical (unpaired) electrons. The summed E-state index contributed by atoms with van der Waals surface area (Å²) in [4.78, 5) is 15.0. The Morgan fingerprint density at radius 2 is 2.22 bits per heavy atom. The highest BCUT2D eigenvalue weighted by Gasteiger charge is 2.15. The van der Waals surface area contributed by atoms with Crippen molar-refractivity contribution < 1.29 is 9.53 Å². The van der Waals surface area contributed by atoms with Crippen molar-refractivity contribution in [3.63, 3.8) is 0 Å². The third-order valence-electron chi connectivity index (χ3n) is 2.82. The lowest BCUT2D eigenvalue weighted by atomic mass is 10.3. The third kappa shape index (κ3) is 4.35. The lowest BCUT2D eigenvalue weighted by molar-refractivity contribution is -0.134. The first-order valence-corrected chi connectivity index (χ1v) is 7.67. The topological polar surface area (TPSA) is 41.6 Å². The second-order valence-corrected chi connectivity index (χ2v) is 6.67. The number of morpholine rings is 1. The Bertz CT molecular complexity index is 391. The van der Waals surface area contributed by atoms with Gasteiger partial charge in [0.2, 0.25) is 5.91 Å². The Morgan fingerprint density at radius 1 is 1.44 bits per heavy atom. The fourth-order valence-corrected chi connectivity index (χ4v) is 3.30. The molecule has 1 fully saturated rings. The van der Waals surface area contributed by atoms with Crippen LogP contribution in [0.4, 0.5) is 0 Å². The summed E-state index contributed by atoms with van der Waals surface area (Å²) >= 11 is 5.18. The molecule has 1 aliphatic heterocycles. The van der Waals surface area contributed by atoms with Crippen molar-refractivity contribution in [1.29, 1.82) is 0 Å². The number of halogens is 1. The van der Waals surface area contributed by atoms with Crippen LogP contribution >= 0.6 is 27.3 Å². The molecule has 2 heterocycles. The van der Waals surface area contributed by atoms with Gasteiger partial charge in [-0.25, -0.2) is 0 Å². The van der Waals surface area contributed by atoms with E-state index in [9.17, 15) is 4.79 Å². The van der Waals surface area contributed by atoms with E-state index < -0.39 is 0 Å². The Kier molecular flexibility index (Phi) is 5.62. The number of hydrogen-bond donors (Lipinski definition) is 1. The number of ether oxygens (including phenoxy) is 1. The largest absolute Gasteiger partial charge is 0.378 e. The molecule has 0 spiro atoms. The average molecular weight is 333 g/mol. The first kappa shape index (κ1) is 14.0. The SMILES string of the molecule is O=C(CNCCc1ccc(Br)s1)N1CCOCC1. The molecular weight excluding hydrogens is 316 g/mol. The number of thiophene rings is 1. The lowest BCUT2D eigenvalue weighted by Crippen LogP contribution is -2.44. The molecule has 1 N–H and O–H groups in total. The second-order valence-electron chi connectivity index (χ2n) is 4.13. The van der Waals surface area contributed by atoms with Crippen LogP contribution in [0.3, 0.4) is 0 Å². The van der Waals surface area contributed by atoms with Crippen LogP contribution in [0.2, 0.25) is 0 Å². The Balaban J connectivity index is 1.61. The van der Waals surface area contributed by atoms with E-state index in [-0.39, 0.29) is 5.91 Å². The van der Waals surface area contributed by atoms with Crippen LogP contribution in [0.15, 0.2) is 15.9 Å². The normalized spacial score (nSPS) is 15.9. The van der Waals surface area contributed by atoms with Crippen molar-refractivity contribution in [1.82, 2.24) is 10.2 Å². The Hall–Kier alpha value is -0.430. The van der Waals surface area contributed by atoms with Gasteiger partial charge in [-0.05, 0) is 34.5 Å². The maximum atomic E-state index is 11.8. The predicted molar refractivity (Wildman–Crippen MR) is 76.0 cm³/mol. The van der Waals surface area contributed by atoms with E-state index in [0.717, 1.165) is 29.8 Å². The predicted octanol–water partition coefficient (Wildman–Crippen LogP) is 1.50. The van der Waals surface area contributed by atoms with Gasteiger partial charge in [-0.2, -0.15) is 0 Å². The maximum absolute atomic E-state index is 11.8. The molecule has 0 bridgehead atoms. The van der Waals surface area contributed by atoms with Crippen LogP contribution in [0.25, 0.3) is 0 Å². The fraction of sp³-hybridized carbons (Fsp3) is 0.583. The van der Waals surface area contributed by atoms with Gasteiger partial charge >= 0.3 is 0 Å². The molecule has 18 heavy (non-hydrogen) atoms. The monoisotopic (exact) mass is 332 g/mol. The number of hydrogen-bond acceptors (Lipinski definition) is 4. The molecule has 1 aliphatic rings. The van der Waals surface area contributed by atoms with Gasteiger partial charge in [0.15, 0.2) is 0 Å². The quantitative estimate of drug-likeness (QED) is 0.831. The van der Waals surface area contributed by atoms with E-state index in [0.29, 0.717) is 19.8 Å². The lowest BCUT2D eigenvalue weighted by Gasteiger charge is -2.26. The van der Waals surface area contributed by atoms with E-state index in [1.54, 1.807) is 11.3 Å². The van der Waals surface area contributed by atoms with Gasteiger partial charge in [0, 0.05) is 24.5 Å². The maximum Gasteiger partial charge on any atom is 0.236 e. The summed E-state index contributed by atoms with van der Waals surface area (Å²) in [5.41, 5.74) is 0. The van der Waals surface area contributed by atoms with Crippen molar-refractivity contribution in [2.45, 2.75) is 6.42 Å². The number of amides is 1. The molecule has 2 rings (SSSR count). The first-order valence-electron chi connectivity index (χ1n) is 6.06. The van der Waals surface area contributed by atoms with E-state index in [1.165, 1.54) is 4.88 Å². The summed E-state index contributed by atoms with van der Waals surface area (Å²) in [5.74, 6) is 0.172. The van der Waals surface area contributed by atoms with Crippen LogP contribution in [0.5, 0.6) is 0 Å². The van der Waals surface area contributed by atoms with Crippen molar-refractivity contribution >= 4 is 33.2 Å². The highest BCUT2D eigenvalue weighted by molar-refractivity contribution is 9.11. The zero-order chi connectivity index (χ0) is 12.8. The van der Waals surface area contributed by atoms with Gasteiger partial charge < -0.3 is 15.0 Å². The molecule has 0 aliphatic carbocycles. The molecule has 0 atom stereocenters. The highest BCUT2D eigenvalue weighted by Crippen LogP contribution is 2.21. The van der Waals surface area contributed by atoms with Gasteiger partial charge in [0.05, 0.1) is 23.5 Å². The van der Waals surface area contributed by atoms with Gasteiger partial charge in [0.1, 0.15) is 0 Å². The van der Waals surface area contributed by atoms with Crippen LogP contribution in [0, 0.1) is 0 Å². The van der Waals surface area contributed by atoms with Gasteiger partial charge in [-0.3, -0.25) is 4.79 Å². The van der Waals surface area contributed by atoms with Crippen LogP contribution < -0.4 is 5.32 Å². The van der Waals surface area contributed by atoms with Crippen molar-refractivity contribution in [2.75, 3.05) is 39.4 Å². The summed E-state index contributed by atoms with van der Waals surface area (Å²) in [6.07, 6.45) is 0.965. The molecule has 1 amide bonds. The second kappa shape index (κ2) is 7.23. The minimum absolute atomic E-state index is 0.172.